The molecule has 2 rings (SSSR count). The van der Waals surface area contributed by atoms with Gasteiger partial charge in [0.1, 0.15) is 26.0 Å². The van der Waals surface area contributed by atoms with E-state index >= 15 is 0 Å². The predicted molar refractivity (Wildman–Crippen MR) is 128 cm³/mol. The molecule has 0 radical (unpaired) electrons. The number of imidazole rings is 1. The van der Waals surface area contributed by atoms with Crippen LogP contribution in [0.3, 0.4) is 0 Å². The van der Waals surface area contributed by atoms with Crippen LogP contribution in [0.2, 0.25) is 0 Å². The highest BCUT2D eigenvalue weighted by Crippen LogP contribution is 2.36. The average Bonchev–Trinajstić information content (AvgIpc) is 2.97. The Hall–Kier alpha value is -1.89. The summed E-state index contributed by atoms with van der Waals surface area (Å²) in [6.07, 6.45) is 0.178. The topological polar surface area (TPSA) is 102 Å². The standard InChI is InChI=1S/C23H40N4O4P/c1-7-26-20-9-8-19(13-21(20)27(15-18(4)28)22(26)14-24)31-11-10-25(16-32(5,6)30)23(29)12-17(2)3/h8-9,13,17-18,28H,7,10-12,14-16,24H2,1-6H3/q+1/t18-/m0/s1. The number of aliphatic hydroxyl groups excluding tert-OH is 1. The Labute approximate surface area is 191 Å². The van der Waals surface area contributed by atoms with Gasteiger partial charge >= 0.3 is 0 Å². The molecule has 1 aromatic carbocycles. The van der Waals surface area contributed by atoms with Gasteiger partial charge in [-0.2, -0.15) is 0 Å². The molecule has 32 heavy (non-hydrogen) atoms. The van der Waals surface area contributed by atoms with Crippen molar-refractivity contribution in [1.29, 1.82) is 0 Å². The first-order chi connectivity index (χ1) is 15.0. The van der Waals surface area contributed by atoms with Gasteiger partial charge in [0.25, 0.3) is 5.82 Å². The fourth-order valence-corrected chi connectivity index (χ4v) is 5.06. The number of hydrogen-bond donors (Lipinski definition) is 2. The van der Waals surface area contributed by atoms with Gasteiger partial charge in [-0.3, -0.25) is 4.79 Å². The second-order valence-corrected chi connectivity index (χ2v) is 12.7. The van der Waals surface area contributed by atoms with E-state index < -0.39 is 13.2 Å². The Morgan fingerprint density at radius 3 is 2.53 bits per heavy atom. The SMILES string of the molecule is CC[n+]1c(CN)n(C[C@H](C)O)c2cc(OCCN(CP(C)(C)=O)C(=O)CC(C)C)ccc21. The minimum atomic E-state index is -2.39. The quantitative estimate of drug-likeness (QED) is 0.369. The molecular weight excluding hydrogens is 427 g/mol. The molecule has 9 heteroatoms. The minimum Gasteiger partial charge on any atom is -0.492 e. The molecule has 3 N–H and O–H groups in total. The Balaban J connectivity index is 2.23. The number of benzene rings is 1. The lowest BCUT2D eigenvalue weighted by molar-refractivity contribution is -0.676. The van der Waals surface area contributed by atoms with Gasteiger partial charge in [-0.25, -0.2) is 9.13 Å². The van der Waals surface area contributed by atoms with Crippen LogP contribution in [-0.2, 0) is 29.0 Å². The smallest absolute Gasteiger partial charge is 0.271 e. The lowest BCUT2D eigenvalue weighted by Gasteiger charge is -2.25. The van der Waals surface area contributed by atoms with E-state index in [2.05, 4.69) is 11.5 Å². The van der Waals surface area contributed by atoms with E-state index in [1.54, 1.807) is 25.2 Å². The van der Waals surface area contributed by atoms with Crippen molar-refractivity contribution in [2.75, 3.05) is 32.8 Å². The third-order valence-corrected chi connectivity index (χ3v) is 6.20. The van der Waals surface area contributed by atoms with E-state index in [-0.39, 0.29) is 18.1 Å². The molecule has 0 saturated heterocycles. The van der Waals surface area contributed by atoms with Crippen LogP contribution in [0.4, 0.5) is 0 Å². The molecule has 180 valence electrons. The number of aromatic nitrogens is 2. The number of aryl methyl sites for hydroxylation is 1. The second-order valence-electron chi connectivity index (χ2n) is 9.29. The van der Waals surface area contributed by atoms with Crippen molar-refractivity contribution in [3.63, 3.8) is 0 Å². The summed E-state index contributed by atoms with van der Waals surface area (Å²) in [5.41, 5.74) is 8.00. The van der Waals surface area contributed by atoms with Gasteiger partial charge in [0.05, 0.1) is 32.0 Å². The van der Waals surface area contributed by atoms with Crippen molar-refractivity contribution in [1.82, 2.24) is 9.47 Å². The maximum atomic E-state index is 12.6. The number of nitrogens with zero attached hydrogens (tertiary/aromatic N) is 3. The maximum Gasteiger partial charge on any atom is 0.271 e. The van der Waals surface area contributed by atoms with Crippen molar-refractivity contribution < 1.29 is 23.8 Å². The molecule has 0 aliphatic rings. The van der Waals surface area contributed by atoms with Gasteiger partial charge in [0, 0.05) is 12.5 Å². The summed E-state index contributed by atoms with van der Waals surface area (Å²) >= 11 is 0. The monoisotopic (exact) mass is 467 g/mol. The Morgan fingerprint density at radius 2 is 2.00 bits per heavy atom. The molecule has 1 atom stereocenters. The number of fused-ring (bicyclic) bond motifs is 1. The van der Waals surface area contributed by atoms with Crippen molar-refractivity contribution in [3.05, 3.63) is 24.0 Å². The minimum absolute atomic E-state index is 0.00496. The first-order valence-electron chi connectivity index (χ1n) is 11.3. The maximum absolute atomic E-state index is 12.6. The molecule has 0 bridgehead atoms. The van der Waals surface area contributed by atoms with Gasteiger partial charge in [0.2, 0.25) is 5.91 Å². The molecule has 2 aromatic rings. The number of carbonyl (C=O) groups excluding carboxylic acids is 1. The second kappa shape index (κ2) is 11.3. The van der Waals surface area contributed by atoms with Crippen LogP contribution in [0.25, 0.3) is 11.0 Å². The molecule has 0 unspecified atom stereocenters. The van der Waals surface area contributed by atoms with Gasteiger partial charge in [0.15, 0.2) is 11.0 Å². The molecule has 1 aromatic heterocycles. The first-order valence-corrected chi connectivity index (χ1v) is 14.1. The summed E-state index contributed by atoms with van der Waals surface area (Å²) in [6, 6.07) is 5.86. The van der Waals surface area contributed by atoms with Gasteiger partial charge in [-0.15, -0.1) is 0 Å². The van der Waals surface area contributed by atoms with Crippen LogP contribution in [0, 0.1) is 5.92 Å². The van der Waals surface area contributed by atoms with Gasteiger partial charge < -0.3 is 25.0 Å². The summed E-state index contributed by atoms with van der Waals surface area (Å²) in [6.45, 7) is 13.5. The number of amides is 1. The Bertz CT molecular complexity index is 965. The normalized spacial score (nSPS) is 13.0. The van der Waals surface area contributed by atoms with E-state index in [9.17, 15) is 14.5 Å². The van der Waals surface area contributed by atoms with E-state index in [0.717, 1.165) is 23.4 Å². The van der Waals surface area contributed by atoms with Crippen molar-refractivity contribution in [2.45, 2.75) is 59.9 Å². The molecule has 0 aliphatic carbocycles. The third-order valence-electron chi connectivity index (χ3n) is 5.17. The third kappa shape index (κ3) is 7.06. The number of ether oxygens (including phenoxy) is 1. The van der Waals surface area contributed by atoms with Gasteiger partial charge in [-0.1, -0.05) is 13.8 Å². The number of hydrogen-bond acceptors (Lipinski definition) is 5. The number of carbonyl (C=O) groups is 1. The number of rotatable bonds is 12. The molecule has 8 nitrogen and oxygen atoms in total. The molecule has 0 spiro atoms. The molecule has 0 aliphatic heterocycles. The van der Waals surface area contributed by atoms with E-state index in [4.69, 9.17) is 10.5 Å². The van der Waals surface area contributed by atoms with Crippen LogP contribution in [0.1, 0.15) is 39.9 Å². The zero-order valence-corrected chi connectivity index (χ0v) is 21.3. The summed E-state index contributed by atoms with van der Waals surface area (Å²) in [4.78, 5) is 14.3. The van der Waals surface area contributed by atoms with E-state index in [0.29, 0.717) is 38.4 Å². The summed E-state index contributed by atoms with van der Waals surface area (Å²) in [7, 11) is -2.39. The lowest BCUT2D eigenvalue weighted by Crippen LogP contribution is -2.38. The molecule has 1 heterocycles. The Kier molecular flexibility index (Phi) is 9.31. The lowest BCUT2D eigenvalue weighted by atomic mass is 10.1. The van der Waals surface area contributed by atoms with Crippen LogP contribution >= 0.6 is 7.14 Å². The largest absolute Gasteiger partial charge is 0.492 e. The first kappa shape index (κ1) is 26.4. The predicted octanol–water partition coefficient (Wildman–Crippen LogP) is 2.62. The van der Waals surface area contributed by atoms with Gasteiger partial charge in [-0.05, 0) is 45.2 Å². The van der Waals surface area contributed by atoms with E-state index in [1.807, 2.05) is 36.6 Å². The zero-order valence-electron chi connectivity index (χ0n) is 20.4. The average molecular weight is 468 g/mol. The fraction of sp³-hybridized carbons (Fsp3) is 0.652. The Morgan fingerprint density at radius 1 is 1.31 bits per heavy atom. The molecule has 1 amide bonds. The van der Waals surface area contributed by atoms with Crippen LogP contribution in [0.15, 0.2) is 18.2 Å². The molecule has 0 fully saturated rings. The fourth-order valence-electron chi connectivity index (χ4n) is 3.94. The summed E-state index contributed by atoms with van der Waals surface area (Å²) in [5.74, 6) is 1.88. The highest BCUT2D eigenvalue weighted by atomic mass is 31.2. The molecule has 0 saturated carbocycles. The van der Waals surface area contributed by atoms with Crippen LogP contribution in [0.5, 0.6) is 5.75 Å². The zero-order chi connectivity index (χ0) is 24.1. The highest BCUT2D eigenvalue weighted by Gasteiger charge is 2.25. The number of aliphatic hydroxyl groups is 1. The number of nitrogens with two attached hydrogens (primary N) is 1. The highest BCUT2D eigenvalue weighted by molar-refractivity contribution is 7.62. The van der Waals surface area contributed by atoms with Crippen molar-refractivity contribution >= 4 is 24.1 Å². The van der Waals surface area contributed by atoms with Crippen LogP contribution in [-0.4, -0.2) is 59.4 Å². The van der Waals surface area contributed by atoms with Crippen molar-refractivity contribution in [3.8, 4) is 5.75 Å². The van der Waals surface area contributed by atoms with E-state index in [1.165, 1.54) is 0 Å². The van der Waals surface area contributed by atoms with Crippen LogP contribution < -0.4 is 15.0 Å². The summed E-state index contributed by atoms with van der Waals surface area (Å²) in [5, 5.41) is 9.98. The summed E-state index contributed by atoms with van der Waals surface area (Å²) < 4.78 is 22.5. The molecular formula is C23H40N4O4P+. The van der Waals surface area contributed by atoms with Crippen molar-refractivity contribution in [2.24, 2.45) is 11.7 Å².